The van der Waals surface area contributed by atoms with E-state index >= 15 is 0 Å². The molecule has 8 nitrogen and oxygen atoms in total. The number of carbonyl (C=O) groups excluding carboxylic acids is 1. The fourth-order valence-corrected chi connectivity index (χ4v) is 2.54. The fraction of sp³-hybridized carbons (Fsp3) is 0.500. The summed E-state index contributed by atoms with van der Waals surface area (Å²) in [6.45, 7) is 0.780. The molecule has 8 heteroatoms. The van der Waals surface area contributed by atoms with E-state index in [1.165, 1.54) is 0 Å². The van der Waals surface area contributed by atoms with Crippen LogP contribution in [-0.4, -0.2) is 53.5 Å². The SMILES string of the molecule is CNC(=O)CCCCCCN(c1cnccn1)c1cc(N(C)C)ncn1. The molecule has 0 aromatic carbocycles. The Balaban J connectivity index is 1.99. The summed E-state index contributed by atoms with van der Waals surface area (Å²) in [4.78, 5) is 32.5. The second-order valence-electron chi connectivity index (χ2n) is 6.18. The van der Waals surface area contributed by atoms with Gasteiger partial charge >= 0.3 is 0 Å². The summed E-state index contributed by atoms with van der Waals surface area (Å²) in [6.07, 6.45) is 11.2. The number of hydrogen-bond acceptors (Lipinski definition) is 7. The van der Waals surface area contributed by atoms with E-state index in [9.17, 15) is 4.79 Å². The molecule has 0 saturated heterocycles. The number of hydrogen-bond donors (Lipinski definition) is 1. The first kappa shape index (κ1) is 19.6. The Morgan fingerprint density at radius 3 is 2.46 bits per heavy atom. The lowest BCUT2D eigenvalue weighted by atomic mass is 10.1. The van der Waals surface area contributed by atoms with Crippen molar-refractivity contribution >= 4 is 23.4 Å². The predicted molar refractivity (Wildman–Crippen MR) is 103 cm³/mol. The molecule has 0 unspecified atom stereocenters. The molecule has 0 radical (unpaired) electrons. The molecule has 2 rings (SSSR count). The van der Waals surface area contributed by atoms with Gasteiger partial charge in [-0.1, -0.05) is 12.8 Å². The monoisotopic (exact) mass is 357 g/mol. The van der Waals surface area contributed by atoms with Gasteiger partial charge in [-0.3, -0.25) is 9.78 Å². The molecular formula is C18H27N7O. The Hall–Kier alpha value is -2.77. The predicted octanol–water partition coefficient (Wildman–Crippen LogP) is 2.17. The van der Waals surface area contributed by atoms with Crippen molar-refractivity contribution in [2.24, 2.45) is 0 Å². The lowest BCUT2D eigenvalue weighted by molar-refractivity contribution is -0.120. The molecular weight excluding hydrogens is 330 g/mol. The third-order valence-electron chi connectivity index (χ3n) is 4.01. The van der Waals surface area contributed by atoms with Gasteiger partial charge in [0.15, 0.2) is 5.82 Å². The molecule has 0 aliphatic heterocycles. The summed E-state index contributed by atoms with van der Waals surface area (Å²) in [5.41, 5.74) is 0. The molecule has 0 saturated carbocycles. The standard InChI is InChI=1S/C18H27N7O/c1-19-18(26)8-6-4-5-7-11-25(17-13-20-9-10-21-17)16-12-15(24(2)3)22-14-23-16/h9-10,12-14H,4-8,11H2,1-3H3,(H,19,26). The van der Waals surface area contributed by atoms with Gasteiger partial charge in [-0.15, -0.1) is 0 Å². The summed E-state index contributed by atoms with van der Waals surface area (Å²) in [5.74, 6) is 2.51. The van der Waals surface area contributed by atoms with E-state index in [0.717, 1.165) is 49.7 Å². The van der Waals surface area contributed by atoms with Crippen molar-refractivity contribution in [2.45, 2.75) is 32.1 Å². The topological polar surface area (TPSA) is 87.1 Å². The van der Waals surface area contributed by atoms with Crippen molar-refractivity contribution in [2.75, 3.05) is 37.5 Å². The third-order valence-corrected chi connectivity index (χ3v) is 4.01. The Kier molecular flexibility index (Phi) is 7.73. The van der Waals surface area contributed by atoms with Gasteiger partial charge in [-0.25, -0.2) is 15.0 Å². The van der Waals surface area contributed by atoms with E-state index in [-0.39, 0.29) is 5.91 Å². The maximum Gasteiger partial charge on any atom is 0.219 e. The average molecular weight is 357 g/mol. The van der Waals surface area contributed by atoms with Crippen LogP contribution in [0.3, 0.4) is 0 Å². The van der Waals surface area contributed by atoms with E-state index in [0.29, 0.717) is 6.42 Å². The van der Waals surface area contributed by atoms with Crippen LogP contribution < -0.4 is 15.1 Å². The second-order valence-corrected chi connectivity index (χ2v) is 6.18. The molecule has 1 N–H and O–H groups in total. The number of nitrogens with one attached hydrogen (secondary N) is 1. The quantitative estimate of drug-likeness (QED) is 0.652. The summed E-state index contributed by atoms with van der Waals surface area (Å²) in [6, 6.07) is 1.94. The Bertz CT molecular complexity index is 678. The van der Waals surface area contributed by atoms with Gasteiger partial charge < -0.3 is 15.1 Å². The molecule has 2 aromatic rings. The highest BCUT2D eigenvalue weighted by molar-refractivity contribution is 5.75. The van der Waals surface area contributed by atoms with Crippen molar-refractivity contribution in [1.82, 2.24) is 25.3 Å². The van der Waals surface area contributed by atoms with Crippen LogP contribution in [0.25, 0.3) is 0 Å². The molecule has 0 bridgehead atoms. The molecule has 26 heavy (non-hydrogen) atoms. The van der Waals surface area contributed by atoms with Crippen molar-refractivity contribution < 1.29 is 4.79 Å². The fourth-order valence-electron chi connectivity index (χ4n) is 2.54. The van der Waals surface area contributed by atoms with Crippen LogP contribution in [0.4, 0.5) is 17.5 Å². The van der Waals surface area contributed by atoms with E-state index in [2.05, 4.69) is 30.2 Å². The Morgan fingerprint density at radius 1 is 1.00 bits per heavy atom. The first-order valence-electron chi connectivity index (χ1n) is 8.85. The molecule has 0 atom stereocenters. The molecule has 140 valence electrons. The molecule has 2 heterocycles. The van der Waals surface area contributed by atoms with Crippen LogP contribution in [0.5, 0.6) is 0 Å². The molecule has 0 aliphatic carbocycles. The van der Waals surface area contributed by atoms with Gasteiger partial charge in [-0.2, -0.15) is 0 Å². The van der Waals surface area contributed by atoms with Gasteiger partial charge in [0.2, 0.25) is 5.91 Å². The minimum Gasteiger partial charge on any atom is -0.363 e. The number of unbranched alkanes of at least 4 members (excludes halogenated alkanes) is 3. The van der Waals surface area contributed by atoms with Crippen LogP contribution in [0.2, 0.25) is 0 Å². The Labute approximate surface area is 154 Å². The summed E-state index contributed by atoms with van der Waals surface area (Å²) in [5, 5.41) is 2.65. The maximum absolute atomic E-state index is 11.3. The van der Waals surface area contributed by atoms with Crippen molar-refractivity contribution in [3.63, 3.8) is 0 Å². The number of anilines is 3. The van der Waals surface area contributed by atoms with E-state index in [1.807, 2.05) is 25.1 Å². The first-order chi connectivity index (χ1) is 12.6. The van der Waals surface area contributed by atoms with Gasteiger partial charge in [0, 0.05) is 52.6 Å². The van der Waals surface area contributed by atoms with E-state index in [4.69, 9.17) is 0 Å². The van der Waals surface area contributed by atoms with Crippen LogP contribution in [0, 0.1) is 0 Å². The lowest BCUT2D eigenvalue weighted by Gasteiger charge is -2.23. The zero-order valence-corrected chi connectivity index (χ0v) is 15.7. The second kappa shape index (κ2) is 10.3. The zero-order valence-electron chi connectivity index (χ0n) is 15.7. The molecule has 2 aromatic heterocycles. The smallest absolute Gasteiger partial charge is 0.219 e. The van der Waals surface area contributed by atoms with Gasteiger partial charge in [0.25, 0.3) is 0 Å². The number of rotatable bonds is 10. The number of amides is 1. The van der Waals surface area contributed by atoms with E-state index in [1.54, 1.807) is 32.0 Å². The molecule has 0 spiro atoms. The number of carbonyl (C=O) groups is 1. The van der Waals surface area contributed by atoms with Crippen LogP contribution in [-0.2, 0) is 4.79 Å². The van der Waals surface area contributed by atoms with Gasteiger partial charge in [0.1, 0.15) is 18.0 Å². The average Bonchev–Trinajstić information content (AvgIpc) is 2.68. The number of nitrogens with zero attached hydrogens (tertiary/aromatic N) is 6. The maximum atomic E-state index is 11.3. The molecule has 0 fully saturated rings. The largest absolute Gasteiger partial charge is 0.363 e. The first-order valence-corrected chi connectivity index (χ1v) is 8.85. The number of aromatic nitrogens is 4. The summed E-state index contributed by atoms with van der Waals surface area (Å²) in [7, 11) is 5.57. The molecule has 0 aliphatic rings. The summed E-state index contributed by atoms with van der Waals surface area (Å²) >= 11 is 0. The van der Waals surface area contributed by atoms with Crippen LogP contribution >= 0.6 is 0 Å². The highest BCUT2D eigenvalue weighted by Crippen LogP contribution is 2.23. The lowest BCUT2D eigenvalue weighted by Crippen LogP contribution is -2.22. The third kappa shape index (κ3) is 5.94. The van der Waals surface area contributed by atoms with Crippen LogP contribution in [0.15, 0.2) is 31.0 Å². The van der Waals surface area contributed by atoms with Crippen molar-refractivity contribution in [1.29, 1.82) is 0 Å². The van der Waals surface area contributed by atoms with E-state index < -0.39 is 0 Å². The van der Waals surface area contributed by atoms with Crippen molar-refractivity contribution in [3.8, 4) is 0 Å². The highest BCUT2D eigenvalue weighted by atomic mass is 16.1. The van der Waals surface area contributed by atoms with Crippen LogP contribution in [0.1, 0.15) is 32.1 Å². The normalized spacial score (nSPS) is 10.4. The minimum atomic E-state index is 0.100. The van der Waals surface area contributed by atoms with Gasteiger partial charge in [0.05, 0.1) is 6.20 Å². The highest BCUT2D eigenvalue weighted by Gasteiger charge is 2.13. The minimum absolute atomic E-state index is 0.100. The molecule has 1 amide bonds. The Morgan fingerprint density at radius 2 is 1.77 bits per heavy atom. The van der Waals surface area contributed by atoms with Gasteiger partial charge in [-0.05, 0) is 12.8 Å². The zero-order chi connectivity index (χ0) is 18.8. The van der Waals surface area contributed by atoms with Crippen molar-refractivity contribution in [3.05, 3.63) is 31.0 Å². The summed E-state index contributed by atoms with van der Waals surface area (Å²) < 4.78 is 0.